The van der Waals surface area contributed by atoms with Crippen molar-refractivity contribution in [3.63, 3.8) is 0 Å². The van der Waals surface area contributed by atoms with E-state index in [9.17, 15) is 0 Å². The second kappa shape index (κ2) is 4.76. The zero-order valence-corrected chi connectivity index (χ0v) is 9.42. The molecule has 0 atom stereocenters. The molecule has 1 aromatic heterocycles. The molecule has 1 aliphatic rings. The van der Waals surface area contributed by atoms with Crippen molar-refractivity contribution < 1.29 is 4.74 Å². The lowest BCUT2D eigenvalue weighted by Gasteiger charge is -2.11. The first-order chi connectivity index (χ1) is 7.27. The standard InChI is InChI=1S/C9H16N4OS/c10-8-11-12-9(15)13(8)5-6-14-7-3-1-2-4-7/h7H,1-6H2,(H2,10,11)(H,12,15). The van der Waals surface area contributed by atoms with Gasteiger partial charge < -0.3 is 10.5 Å². The van der Waals surface area contributed by atoms with Crippen molar-refractivity contribution in [3.8, 4) is 0 Å². The van der Waals surface area contributed by atoms with Gasteiger partial charge in [-0.15, -0.1) is 5.10 Å². The smallest absolute Gasteiger partial charge is 0.220 e. The Kier molecular flexibility index (Phi) is 3.37. The van der Waals surface area contributed by atoms with Gasteiger partial charge in [0.15, 0.2) is 4.77 Å². The normalized spacial score (nSPS) is 17.3. The number of H-pyrrole nitrogens is 1. The molecular weight excluding hydrogens is 212 g/mol. The van der Waals surface area contributed by atoms with Gasteiger partial charge in [0.25, 0.3) is 0 Å². The number of hydrogen-bond acceptors (Lipinski definition) is 4. The largest absolute Gasteiger partial charge is 0.376 e. The van der Waals surface area contributed by atoms with Crippen LogP contribution in [0.25, 0.3) is 0 Å². The fraction of sp³-hybridized carbons (Fsp3) is 0.778. The summed E-state index contributed by atoms with van der Waals surface area (Å²) in [6.45, 7) is 1.33. The van der Waals surface area contributed by atoms with Gasteiger partial charge in [-0.3, -0.25) is 4.57 Å². The topological polar surface area (TPSA) is 68.9 Å². The molecule has 2 rings (SSSR count). The Hall–Kier alpha value is -0.880. The monoisotopic (exact) mass is 228 g/mol. The third-order valence-corrected chi connectivity index (χ3v) is 3.07. The molecule has 5 nitrogen and oxygen atoms in total. The van der Waals surface area contributed by atoms with Crippen LogP contribution in [0.1, 0.15) is 25.7 Å². The van der Waals surface area contributed by atoms with Crippen molar-refractivity contribution in [3.05, 3.63) is 4.77 Å². The van der Waals surface area contributed by atoms with E-state index in [-0.39, 0.29) is 0 Å². The molecule has 1 saturated carbocycles. The number of aromatic nitrogens is 3. The molecule has 15 heavy (non-hydrogen) atoms. The highest BCUT2D eigenvalue weighted by molar-refractivity contribution is 7.71. The molecule has 6 heteroatoms. The highest BCUT2D eigenvalue weighted by Gasteiger charge is 2.15. The van der Waals surface area contributed by atoms with E-state index in [0.717, 1.165) is 0 Å². The summed E-state index contributed by atoms with van der Waals surface area (Å²) in [7, 11) is 0. The number of nitrogens with zero attached hydrogens (tertiary/aromatic N) is 2. The van der Waals surface area contributed by atoms with Crippen LogP contribution in [0.5, 0.6) is 0 Å². The van der Waals surface area contributed by atoms with Gasteiger partial charge >= 0.3 is 0 Å². The van der Waals surface area contributed by atoms with Crippen LogP contribution in [-0.2, 0) is 11.3 Å². The van der Waals surface area contributed by atoms with Crippen LogP contribution < -0.4 is 5.73 Å². The molecule has 0 aliphatic heterocycles. The van der Waals surface area contributed by atoms with Crippen LogP contribution in [0, 0.1) is 4.77 Å². The molecule has 0 unspecified atom stereocenters. The number of rotatable bonds is 4. The maximum absolute atomic E-state index is 5.72. The van der Waals surface area contributed by atoms with Crippen LogP contribution in [0.2, 0.25) is 0 Å². The zero-order chi connectivity index (χ0) is 10.7. The SMILES string of the molecule is Nc1n[nH]c(=S)n1CCOC1CCCC1. The summed E-state index contributed by atoms with van der Waals surface area (Å²) in [6.07, 6.45) is 5.39. The highest BCUT2D eigenvalue weighted by atomic mass is 32.1. The average Bonchev–Trinajstić information content (AvgIpc) is 2.82. The third-order valence-electron chi connectivity index (χ3n) is 2.76. The fourth-order valence-electron chi connectivity index (χ4n) is 1.91. The number of nitrogens with one attached hydrogen (secondary N) is 1. The first-order valence-corrected chi connectivity index (χ1v) is 5.70. The summed E-state index contributed by atoms with van der Waals surface area (Å²) >= 11 is 5.03. The molecule has 3 N–H and O–H groups in total. The summed E-state index contributed by atoms with van der Waals surface area (Å²) in [4.78, 5) is 0. The first-order valence-electron chi connectivity index (χ1n) is 5.29. The molecular formula is C9H16N4OS. The van der Waals surface area contributed by atoms with Crippen molar-refractivity contribution in [1.29, 1.82) is 0 Å². The van der Waals surface area contributed by atoms with E-state index >= 15 is 0 Å². The van der Waals surface area contributed by atoms with E-state index in [4.69, 9.17) is 22.7 Å². The van der Waals surface area contributed by atoms with Gasteiger partial charge in [0.05, 0.1) is 19.3 Å². The Balaban J connectivity index is 1.80. The van der Waals surface area contributed by atoms with E-state index in [0.29, 0.717) is 30.0 Å². The van der Waals surface area contributed by atoms with E-state index in [1.165, 1.54) is 25.7 Å². The lowest BCUT2D eigenvalue weighted by molar-refractivity contribution is 0.0530. The highest BCUT2D eigenvalue weighted by Crippen LogP contribution is 2.20. The van der Waals surface area contributed by atoms with Crippen LogP contribution >= 0.6 is 12.2 Å². The molecule has 0 saturated heterocycles. The Morgan fingerprint density at radius 2 is 2.27 bits per heavy atom. The zero-order valence-electron chi connectivity index (χ0n) is 8.61. The molecule has 1 heterocycles. The lowest BCUT2D eigenvalue weighted by atomic mass is 10.3. The second-order valence-electron chi connectivity index (χ2n) is 3.82. The van der Waals surface area contributed by atoms with Gasteiger partial charge in [-0.1, -0.05) is 12.8 Å². The number of nitrogens with two attached hydrogens (primary N) is 1. The van der Waals surface area contributed by atoms with Gasteiger partial charge in [0.2, 0.25) is 5.95 Å². The fourth-order valence-corrected chi connectivity index (χ4v) is 2.14. The Morgan fingerprint density at radius 1 is 1.53 bits per heavy atom. The van der Waals surface area contributed by atoms with Gasteiger partial charge in [-0.05, 0) is 25.1 Å². The number of ether oxygens (including phenoxy) is 1. The summed E-state index contributed by atoms with van der Waals surface area (Å²) in [5.41, 5.74) is 5.63. The van der Waals surface area contributed by atoms with E-state index in [1.54, 1.807) is 4.57 Å². The van der Waals surface area contributed by atoms with E-state index < -0.39 is 0 Å². The number of nitrogen functional groups attached to an aromatic ring is 1. The van der Waals surface area contributed by atoms with Crippen molar-refractivity contribution in [1.82, 2.24) is 14.8 Å². The number of aromatic amines is 1. The molecule has 0 amide bonds. The van der Waals surface area contributed by atoms with Crippen LogP contribution in [0.15, 0.2) is 0 Å². The third kappa shape index (κ3) is 2.57. The van der Waals surface area contributed by atoms with Crippen molar-refractivity contribution in [2.45, 2.75) is 38.3 Å². The predicted octanol–water partition coefficient (Wildman–Crippen LogP) is 1.48. The minimum atomic E-state index is 0.426. The van der Waals surface area contributed by atoms with Gasteiger partial charge in [-0.2, -0.15) is 0 Å². The quantitative estimate of drug-likeness (QED) is 0.766. The maximum Gasteiger partial charge on any atom is 0.220 e. The molecule has 0 bridgehead atoms. The summed E-state index contributed by atoms with van der Waals surface area (Å²) < 4.78 is 8.03. The molecule has 1 aliphatic carbocycles. The van der Waals surface area contributed by atoms with Gasteiger partial charge in [0, 0.05) is 0 Å². The summed E-state index contributed by atoms with van der Waals surface area (Å²) in [5, 5.41) is 6.49. The van der Waals surface area contributed by atoms with Crippen molar-refractivity contribution in [2.75, 3.05) is 12.3 Å². The van der Waals surface area contributed by atoms with E-state index in [1.807, 2.05) is 0 Å². The molecule has 1 aromatic rings. The van der Waals surface area contributed by atoms with Crippen LogP contribution in [-0.4, -0.2) is 27.5 Å². The van der Waals surface area contributed by atoms with Gasteiger partial charge in [0.1, 0.15) is 0 Å². The molecule has 0 spiro atoms. The maximum atomic E-state index is 5.72. The molecule has 0 aromatic carbocycles. The van der Waals surface area contributed by atoms with Gasteiger partial charge in [-0.25, -0.2) is 5.10 Å². The minimum absolute atomic E-state index is 0.426. The predicted molar refractivity (Wildman–Crippen MR) is 60.0 cm³/mol. The lowest BCUT2D eigenvalue weighted by Crippen LogP contribution is -2.14. The molecule has 0 radical (unpaired) electrons. The second-order valence-corrected chi connectivity index (χ2v) is 4.20. The Bertz CT molecular complexity index is 366. The van der Waals surface area contributed by atoms with Crippen molar-refractivity contribution >= 4 is 18.2 Å². The molecule has 84 valence electrons. The summed E-state index contributed by atoms with van der Waals surface area (Å²) in [5.74, 6) is 0.426. The Morgan fingerprint density at radius 3 is 2.87 bits per heavy atom. The Labute approximate surface area is 93.6 Å². The van der Waals surface area contributed by atoms with Crippen molar-refractivity contribution in [2.24, 2.45) is 0 Å². The average molecular weight is 228 g/mol. The molecule has 1 fully saturated rings. The first kappa shape index (κ1) is 10.6. The summed E-state index contributed by atoms with van der Waals surface area (Å²) in [6, 6.07) is 0. The number of hydrogen-bond donors (Lipinski definition) is 2. The number of anilines is 1. The minimum Gasteiger partial charge on any atom is -0.376 e. The van der Waals surface area contributed by atoms with Crippen LogP contribution in [0.3, 0.4) is 0 Å². The van der Waals surface area contributed by atoms with Crippen LogP contribution in [0.4, 0.5) is 5.95 Å². The van der Waals surface area contributed by atoms with E-state index in [2.05, 4.69) is 10.2 Å².